The zero-order valence-corrected chi connectivity index (χ0v) is 15.2. The summed E-state index contributed by atoms with van der Waals surface area (Å²) in [5.41, 5.74) is 0.976. The standard InChI is InChI=1S/C12H13F3N2O3S.Y/c1-2-10-5-9(6-16-21(19)20)3-4-11(10)17(8-18)7-12(13,14)15;/h2-5,16H,6-7H2,1H3,(H,19,20);/q-2;/p-1. The van der Waals surface area contributed by atoms with E-state index in [2.05, 4.69) is 4.72 Å². The number of alkyl halides is 3. The van der Waals surface area contributed by atoms with Crippen LogP contribution in [0.5, 0.6) is 0 Å². The maximum absolute atomic E-state index is 12.4. The fourth-order valence-electron chi connectivity index (χ4n) is 1.68. The van der Waals surface area contributed by atoms with Crippen molar-refractivity contribution in [2.24, 2.45) is 0 Å². The molecule has 0 spiro atoms. The zero-order chi connectivity index (χ0) is 16.0. The molecule has 0 saturated heterocycles. The molecule has 0 saturated carbocycles. The average molecular weight is 410 g/mol. The summed E-state index contributed by atoms with van der Waals surface area (Å²) in [6.07, 6.45) is -1.77. The van der Waals surface area contributed by atoms with Crippen LogP contribution in [0.25, 0.3) is 0 Å². The van der Waals surface area contributed by atoms with E-state index in [1.54, 1.807) is 6.92 Å². The van der Waals surface area contributed by atoms with Crippen LogP contribution in [-0.2, 0) is 55.3 Å². The molecule has 1 atom stereocenters. The van der Waals surface area contributed by atoms with Crippen LogP contribution in [-0.4, -0.2) is 27.9 Å². The molecule has 1 rings (SSSR count). The Morgan fingerprint density at radius 2 is 2.09 bits per heavy atom. The van der Waals surface area contributed by atoms with Gasteiger partial charge in [0.1, 0.15) is 0 Å². The summed E-state index contributed by atoms with van der Waals surface area (Å²) in [5.74, 6) is 0. The van der Waals surface area contributed by atoms with Gasteiger partial charge in [0.15, 0.2) is 0 Å². The van der Waals surface area contributed by atoms with E-state index < -0.39 is 24.0 Å². The van der Waals surface area contributed by atoms with Crippen LogP contribution < -0.4 is 9.62 Å². The van der Waals surface area contributed by atoms with Crippen LogP contribution in [0.1, 0.15) is 18.1 Å². The third kappa shape index (κ3) is 7.19. The molecule has 0 fully saturated rings. The zero-order valence-electron chi connectivity index (χ0n) is 11.5. The minimum Gasteiger partial charge on any atom is -0.760 e. The summed E-state index contributed by atoms with van der Waals surface area (Å²) in [5, 5.41) is 0. The average Bonchev–Trinajstić information content (AvgIpc) is 2.41. The Morgan fingerprint density at radius 3 is 2.55 bits per heavy atom. The van der Waals surface area contributed by atoms with Gasteiger partial charge in [-0.05, 0) is 0 Å². The SMILES string of the molecule is C[CH-]c1cc(CNS(=O)[O-])ccc1N([C-]=O)CC(F)(F)F.[Y]. The minimum absolute atomic E-state index is 0. The first-order valence-electron chi connectivity index (χ1n) is 5.74. The third-order valence-electron chi connectivity index (χ3n) is 2.54. The summed E-state index contributed by atoms with van der Waals surface area (Å²) >= 11 is -2.44. The molecule has 5 nitrogen and oxygen atoms in total. The molecule has 0 aliphatic heterocycles. The van der Waals surface area contributed by atoms with Gasteiger partial charge in [0.05, 0.1) is 13.0 Å². The smallest absolute Gasteiger partial charge is 0.403 e. The molecule has 1 aromatic rings. The quantitative estimate of drug-likeness (QED) is 0.422. The number of anilines is 1. The van der Waals surface area contributed by atoms with E-state index in [1.165, 1.54) is 31.0 Å². The maximum Gasteiger partial charge on any atom is 0.403 e. The second kappa shape index (κ2) is 9.62. The van der Waals surface area contributed by atoms with Crippen molar-refractivity contribution < 1.29 is 59.4 Å². The molecular formula is C12H12F3N2O3SY-3. The van der Waals surface area contributed by atoms with Gasteiger partial charge in [-0.3, -0.25) is 4.21 Å². The van der Waals surface area contributed by atoms with E-state index in [-0.39, 0.29) is 44.9 Å². The van der Waals surface area contributed by atoms with Crippen LogP contribution in [0.2, 0.25) is 0 Å². The van der Waals surface area contributed by atoms with Crippen molar-refractivity contribution in [3.05, 3.63) is 35.7 Å². The molecule has 0 heterocycles. The Bertz CT molecular complexity index is 529. The first kappa shape index (κ1) is 21.5. The van der Waals surface area contributed by atoms with E-state index in [9.17, 15) is 26.7 Å². The van der Waals surface area contributed by atoms with Crippen molar-refractivity contribution in [1.29, 1.82) is 0 Å². The van der Waals surface area contributed by atoms with Gasteiger partial charge in [-0.15, -0.1) is 11.8 Å². The largest absolute Gasteiger partial charge is 0.760 e. The predicted molar refractivity (Wildman–Crippen MR) is 70.4 cm³/mol. The van der Waals surface area contributed by atoms with Gasteiger partial charge in [-0.25, -0.2) is 4.72 Å². The van der Waals surface area contributed by atoms with Crippen molar-refractivity contribution in [1.82, 2.24) is 4.72 Å². The number of hydrogen-bond donors (Lipinski definition) is 1. The van der Waals surface area contributed by atoms with Crippen LogP contribution >= 0.6 is 0 Å². The van der Waals surface area contributed by atoms with E-state index in [4.69, 9.17) is 0 Å². The summed E-state index contributed by atoms with van der Waals surface area (Å²) < 4.78 is 60.1. The van der Waals surface area contributed by atoms with E-state index in [0.717, 1.165) is 0 Å². The summed E-state index contributed by atoms with van der Waals surface area (Å²) in [4.78, 5) is 11.2. The van der Waals surface area contributed by atoms with Crippen molar-refractivity contribution in [2.75, 3.05) is 11.4 Å². The molecule has 1 unspecified atom stereocenters. The summed E-state index contributed by atoms with van der Waals surface area (Å²) in [7, 11) is 0. The van der Waals surface area contributed by atoms with Crippen LogP contribution in [0.4, 0.5) is 18.9 Å². The summed E-state index contributed by atoms with van der Waals surface area (Å²) in [6, 6.07) is 4.25. The van der Waals surface area contributed by atoms with Gasteiger partial charge in [0.25, 0.3) is 0 Å². The molecular weight excluding hydrogens is 398 g/mol. The fraction of sp³-hybridized carbons (Fsp3) is 0.333. The topological polar surface area (TPSA) is 72.5 Å². The number of carbonyl (C=O) groups excluding carboxylic acids is 1. The number of hydrogen-bond acceptors (Lipinski definition) is 3. The molecule has 1 N–H and O–H groups in total. The second-order valence-corrected chi connectivity index (χ2v) is 4.79. The molecule has 121 valence electrons. The Balaban J connectivity index is 0.00000441. The molecule has 22 heavy (non-hydrogen) atoms. The Hall–Kier alpha value is -0.476. The van der Waals surface area contributed by atoms with E-state index in [0.29, 0.717) is 16.0 Å². The molecule has 0 aliphatic rings. The number of rotatable bonds is 7. The molecule has 1 radical (unpaired) electrons. The second-order valence-electron chi connectivity index (χ2n) is 4.03. The molecule has 1 aromatic carbocycles. The van der Waals surface area contributed by atoms with Gasteiger partial charge in [-0.2, -0.15) is 31.2 Å². The molecule has 0 bridgehead atoms. The van der Waals surface area contributed by atoms with Gasteiger partial charge < -0.3 is 14.2 Å². The number of nitrogens with zero attached hydrogens (tertiary/aromatic N) is 1. The van der Waals surface area contributed by atoms with Crippen molar-refractivity contribution >= 4 is 23.4 Å². The monoisotopic (exact) mass is 410 g/mol. The Morgan fingerprint density at radius 1 is 1.45 bits per heavy atom. The number of benzene rings is 1. The minimum atomic E-state index is -4.54. The Labute approximate surface area is 153 Å². The first-order chi connectivity index (χ1) is 9.76. The normalized spacial score (nSPS) is 12.2. The Kier molecular flexibility index (Phi) is 9.41. The van der Waals surface area contributed by atoms with Crippen LogP contribution in [0.15, 0.2) is 18.2 Å². The van der Waals surface area contributed by atoms with Gasteiger partial charge in [0, 0.05) is 50.5 Å². The number of nitrogens with one attached hydrogen (secondary N) is 1. The molecule has 10 heteroatoms. The maximum atomic E-state index is 12.4. The van der Waals surface area contributed by atoms with Crippen molar-refractivity contribution in [2.45, 2.75) is 19.6 Å². The van der Waals surface area contributed by atoms with Crippen molar-refractivity contribution in [3.8, 4) is 0 Å². The first-order valence-corrected chi connectivity index (χ1v) is 6.81. The molecule has 1 amide bonds. The number of halogens is 3. The number of amides is 1. The fourth-order valence-corrected chi connectivity index (χ4v) is 1.96. The van der Waals surface area contributed by atoms with Crippen LogP contribution in [0.3, 0.4) is 0 Å². The molecule has 0 aliphatic carbocycles. The van der Waals surface area contributed by atoms with Crippen molar-refractivity contribution in [3.63, 3.8) is 0 Å². The molecule has 0 aromatic heterocycles. The van der Waals surface area contributed by atoms with E-state index in [1.807, 2.05) is 0 Å². The van der Waals surface area contributed by atoms with Gasteiger partial charge in [0.2, 0.25) is 0 Å². The van der Waals surface area contributed by atoms with Gasteiger partial charge >= 0.3 is 6.18 Å². The van der Waals surface area contributed by atoms with Gasteiger partial charge in [-0.1, -0.05) is 18.6 Å². The summed E-state index contributed by atoms with van der Waals surface area (Å²) in [6.45, 7) is 0.152. The third-order valence-corrected chi connectivity index (χ3v) is 2.92. The van der Waals surface area contributed by atoms with Crippen LogP contribution in [0, 0.1) is 6.42 Å². The predicted octanol–water partition coefficient (Wildman–Crippen LogP) is 1.58. The van der Waals surface area contributed by atoms with E-state index >= 15 is 0 Å².